The second-order valence-corrected chi connectivity index (χ2v) is 6.26. The van der Waals surface area contributed by atoms with E-state index in [2.05, 4.69) is 4.98 Å². The standard InChI is InChI=1S/C15H15NO3S2/c1-10-16-11(8-20-10)9-21-14-6-4-3-5-12(14)13(7-17)15(18)19-2/h3-8,17H,9H2,1-2H3. The van der Waals surface area contributed by atoms with E-state index in [1.807, 2.05) is 30.5 Å². The van der Waals surface area contributed by atoms with E-state index in [-0.39, 0.29) is 5.57 Å². The number of thioether (sulfide) groups is 1. The molecule has 0 atom stereocenters. The van der Waals surface area contributed by atoms with Gasteiger partial charge in [-0.15, -0.1) is 23.1 Å². The lowest BCUT2D eigenvalue weighted by Gasteiger charge is -2.09. The highest BCUT2D eigenvalue weighted by atomic mass is 32.2. The quantitative estimate of drug-likeness (QED) is 0.393. The third-order valence-corrected chi connectivity index (χ3v) is 4.68. The Kier molecular flexibility index (Phi) is 5.41. The summed E-state index contributed by atoms with van der Waals surface area (Å²) in [7, 11) is 1.29. The highest BCUT2D eigenvalue weighted by molar-refractivity contribution is 7.98. The van der Waals surface area contributed by atoms with Crippen molar-refractivity contribution in [2.24, 2.45) is 0 Å². The number of ether oxygens (including phenoxy) is 1. The number of aliphatic hydroxyl groups is 1. The van der Waals surface area contributed by atoms with E-state index < -0.39 is 5.97 Å². The van der Waals surface area contributed by atoms with Crippen LogP contribution in [-0.2, 0) is 15.3 Å². The maximum absolute atomic E-state index is 11.7. The molecule has 1 aromatic carbocycles. The fraction of sp³-hybridized carbons (Fsp3) is 0.200. The van der Waals surface area contributed by atoms with Crippen LogP contribution in [0.5, 0.6) is 0 Å². The van der Waals surface area contributed by atoms with Gasteiger partial charge in [-0.05, 0) is 13.0 Å². The number of hydrogen-bond acceptors (Lipinski definition) is 6. The number of esters is 1. The molecule has 0 aliphatic carbocycles. The predicted molar refractivity (Wildman–Crippen MR) is 85.5 cm³/mol. The lowest BCUT2D eigenvalue weighted by atomic mass is 10.1. The smallest absolute Gasteiger partial charge is 0.341 e. The number of hydrogen-bond donors (Lipinski definition) is 1. The maximum Gasteiger partial charge on any atom is 0.341 e. The molecule has 0 saturated carbocycles. The predicted octanol–water partition coefficient (Wildman–Crippen LogP) is 3.82. The van der Waals surface area contributed by atoms with Crippen molar-refractivity contribution in [2.45, 2.75) is 17.6 Å². The average molecular weight is 321 g/mol. The number of aromatic nitrogens is 1. The minimum atomic E-state index is -0.560. The fourth-order valence-electron chi connectivity index (χ4n) is 1.78. The second kappa shape index (κ2) is 7.28. The van der Waals surface area contributed by atoms with Gasteiger partial charge >= 0.3 is 5.97 Å². The normalized spacial score (nSPS) is 11.4. The Balaban J connectivity index is 2.22. The lowest BCUT2D eigenvalue weighted by molar-refractivity contribution is -0.133. The Labute approximate surface area is 131 Å². The molecule has 2 rings (SSSR count). The van der Waals surface area contributed by atoms with Crippen molar-refractivity contribution >= 4 is 34.6 Å². The summed E-state index contributed by atoms with van der Waals surface area (Å²) >= 11 is 3.18. The van der Waals surface area contributed by atoms with Gasteiger partial charge in [0.25, 0.3) is 0 Å². The van der Waals surface area contributed by atoms with Crippen molar-refractivity contribution in [3.8, 4) is 0 Å². The van der Waals surface area contributed by atoms with Crippen LogP contribution < -0.4 is 0 Å². The summed E-state index contributed by atoms with van der Waals surface area (Å²) in [5.41, 5.74) is 1.81. The Bertz CT molecular complexity index is 664. The van der Waals surface area contributed by atoms with Gasteiger partial charge in [0, 0.05) is 21.6 Å². The molecule has 2 aromatic rings. The number of thiazole rings is 1. The number of aliphatic hydroxyl groups excluding tert-OH is 1. The van der Waals surface area contributed by atoms with Crippen LogP contribution in [0.4, 0.5) is 0 Å². The molecule has 0 amide bonds. The zero-order valence-corrected chi connectivity index (χ0v) is 13.3. The molecule has 1 N–H and O–H groups in total. The number of rotatable bonds is 5. The van der Waals surface area contributed by atoms with Gasteiger partial charge in [-0.3, -0.25) is 0 Å². The van der Waals surface area contributed by atoms with Crippen LogP contribution in [0.1, 0.15) is 16.3 Å². The highest BCUT2D eigenvalue weighted by Gasteiger charge is 2.16. The first-order chi connectivity index (χ1) is 10.2. The molecule has 0 aliphatic rings. The molecule has 0 radical (unpaired) electrons. The monoisotopic (exact) mass is 321 g/mol. The molecular formula is C15H15NO3S2. The van der Waals surface area contributed by atoms with Crippen LogP contribution >= 0.6 is 23.1 Å². The zero-order valence-electron chi connectivity index (χ0n) is 11.7. The second-order valence-electron chi connectivity index (χ2n) is 4.18. The summed E-state index contributed by atoms with van der Waals surface area (Å²) in [6.45, 7) is 1.97. The summed E-state index contributed by atoms with van der Waals surface area (Å²) in [5, 5.41) is 12.4. The van der Waals surface area contributed by atoms with E-state index in [0.717, 1.165) is 21.9 Å². The van der Waals surface area contributed by atoms with E-state index in [4.69, 9.17) is 4.74 Å². The van der Waals surface area contributed by atoms with Crippen molar-refractivity contribution in [1.82, 2.24) is 4.98 Å². The SMILES string of the molecule is COC(=O)C(=CO)c1ccccc1SCc1csc(C)n1. The van der Waals surface area contributed by atoms with Gasteiger partial charge in [-0.1, -0.05) is 18.2 Å². The van der Waals surface area contributed by atoms with Crippen LogP contribution in [0.3, 0.4) is 0 Å². The average Bonchev–Trinajstić information content (AvgIpc) is 2.92. The fourth-order valence-corrected chi connectivity index (χ4v) is 3.46. The highest BCUT2D eigenvalue weighted by Crippen LogP contribution is 2.31. The Morgan fingerprint density at radius 2 is 2.24 bits per heavy atom. The van der Waals surface area contributed by atoms with E-state index in [1.54, 1.807) is 29.2 Å². The van der Waals surface area contributed by atoms with E-state index >= 15 is 0 Å². The molecule has 110 valence electrons. The molecule has 0 saturated heterocycles. The van der Waals surface area contributed by atoms with Gasteiger partial charge in [0.1, 0.15) is 5.57 Å². The first-order valence-electron chi connectivity index (χ1n) is 6.21. The molecule has 1 heterocycles. The molecule has 0 unspecified atom stereocenters. The number of methoxy groups -OCH3 is 1. The van der Waals surface area contributed by atoms with Crippen LogP contribution in [0, 0.1) is 6.92 Å². The lowest BCUT2D eigenvalue weighted by Crippen LogP contribution is -2.05. The van der Waals surface area contributed by atoms with Gasteiger partial charge in [0.15, 0.2) is 0 Å². The third-order valence-electron chi connectivity index (χ3n) is 2.75. The third kappa shape index (κ3) is 3.86. The summed E-state index contributed by atoms with van der Waals surface area (Å²) in [6.07, 6.45) is 0.790. The molecule has 21 heavy (non-hydrogen) atoms. The number of carbonyl (C=O) groups excluding carboxylic acids is 1. The zero-order chi connectivity index (χ0) is 15.2. The summed E-state index contributed by atoms with van der Waals surface area (Å²) in [5.74, 6) is 0.149. The van der Waals surface area contributed by atoms with E-state index in [1.165, 1.54) is 7.11 Å². The molecular weight excluding hydrogens is 306 g/mol. The first-order valence-corrected chi connectivity index (χ1v) is 8.08. The molecule has 4 nitrogen and oxygen atoms in total. The first kappa shape index (κ1) is 15.6. The van der Waals surface area contributed by atoms with Crippen molar-refractivity contribution in [3.05, 3.63) is 52.2 Å². The molecule has 1 aromatic heterocycles. The van der Waals surface area contributed by atoms with Crippen LogP contribution in [0.2, 0.25) is 0 Å². The number of nitrogens with zero attached hydrogens (tertiary/aromatic N) is 1. The van der Waals surface area contributed by atoms with Crippen LogP contribution in [0.15, 0.2) is 40.8 Å². The summed E-state index contributed by atoms with van der Waals surface area (Å²) in [6, 6.07) is 7.41. The number of aryl methyl sites for hydroxylation is 1. The van der Waals surface area contributed by atoms with E-state index in [0.29, 0.717) is 11.3 Å². The Hall–Kier alpha value is -1.79. The topological polar surface area (TPSA) is 59.4 Å². The largest absolute Gasteiger partial charge is 0.515 e. The van der Waals surface area contributed by atoms with Gasteiger partial charge in [-0.2, -0.15) is 0 Å². The summed E-state index contributed by atoms with van der Waals surface area (Å²) in [4.78, 5) is 17.0. The van der Waals surface area contributed by atoms with Crippen LogP contribution in [0.25, 0.3) is 5.57 Å². The van der Waals surface area contributed by atoms with Gasteiger partial charge in [0.05, 0.1) is 24.1 Å². The van der Waals surface area contributed by atoms with Gasteiger partial charge in [-0.25, -0.2) is 9.78 Å². The van der Waals surface area contributed by atoms with Crippen molar-refractivity contribution in [2.75, 3.05) is 7.11 Å². The van der Waals surface area contributed by atoms with Crippen molar-refractivity contribution < 1.29 is 14.6 Å². The van der Waals surface area contributed by atoms with Crippen LogP contribution in [-0.4, -0.2) is 23.2 Å². The van der Waals surface area contributed by atoms with Crippen molar-refractivity contribution in [3.63, 3.8) is 0 Å². The number of carbonyl (C=O) groups is 1. The van der Waals surface area contributed by atoms with Gasteiger partial charge in [0.2, 0.25) is 0 Å². The molecule has 0 bridgehead atoms. The molecule has 6 heteroatoms. The Morgan fingerprint density at radius 3 is 2.86 bits per heavy atom. The minimum absolute atomic E-state index is 0.148. The van der Waals surface area contributed by atoms with Crippen molar-refractivity contribution in [1.29, 1.82) is 0 Å². The Morgan fingerprint density at radius 1 is 1.48 bits per heavy atom. The van der Waals surface area contributed by atoms with E-state index in [9.17, 15) is 9.90 Å². The molecule has 0 spiro atoms. The summed E-state index contributed by atoms with van der Waals surface area (Å²) < 4.78 is 4.69. The maximum atomic E-state index is 11.7. The minimum Gasteiger partial charge on any atom is -0.515 e. The molecule has 0 fully saturated rings. The van der Waals surface area contributed by atoms with Gasteiger partial charge < -0.3 is 9.84 Å². The number of benzene rings is 1. The molecule has 0 aliphatic heterocycles.